The number of hydrogen-bond acceptors (Lipinski definition) is 3. The maximum atomic E-state index is 12.3. The van der Waals surface area contributed by atoms with Gasteiger partial charge < -0.3 is 4.99 Å². The van der Waals surface area contributed by atoms with Crippen molar-refractivity contribution < 1.29 is 13.2 Å². The number of nitrogens with zero attached hydrogens (tertiary/aromatic N) is 3. The molecular formula is C14H24F3N3. The van der Waals surface area contributed by atoms with Crippen LogP contribution in [0.3, 0.4) is 0 Å². The number of halogens is 3. The lowest BCUT2D eigenvalue weighted by Gasteiger charge is -2.49. The summed E-state index contributed by atoms with van der Waals surface area (Å²) >= 11 is 0. The molecule has 1 unspecified atom stereocenters. The highest BCUT2D eigenvalue weighted by Crippen LogP contribution is 2.30. The molecule has 1 aliphatic heterocycles. The summed E-state index contributed by atoms with van der Waals surface area (Å²) in [5.74, 6) is 0.454. The summed E-state index contributed by atoms with van der Waals surface area (Å²) in [6.45, 7) is 0.285. The molecule has 116 valence electrons. The molecule has 0 aromatic heterocycles. The Morgan fingerprint density at radius 1 is 1.25 bits per heavy atom. The van der Waals surface area contributed by atoms with Crippen LogP contribution in [0.5, 0.6) is 0 Å². The van der Waals surface area contributed by atoms with Gasteiger partial charge in [0.1, 0.15) is 0 Å². The molecule has 0 aromatic rings. The summed E-state index contributed by atoms with van der Waals surface area (Å²) in [7, 11) is 3.85. The van der Waals surface area contributed by atoms with Gasteiger partial charge in [-0.15, -0.1) is 0 Å². The second-order valence-electron chi connectivity index (χ2n) is 6.05. The maximum Gasteiger partial charge on any atom is 0.401 e. The summed E-state index contributed by atoms with van der Waals surface area (Å²) in [6.07, 6.45) is 2.65. The molecule has 2 atom stereocenters. The third-order valence-corrected chi connectivity index (χ3v) is 4.56. The Labute approximate surface area is 118 Å². The van der Waals surface area contributed by atoms with E-state index in [-0.39, 0.29) is 6.04 Å². The van der Waals surface area contributed by atoms with E-state index >= 15 is 0 Å². The van der Waals surface area contributed by atoms with Crippen LogP contribution in [0.1, 0.15) is 25.7 Å². The second-order valence-corrected chi connectivity index (χ2v) is 6.05. The Kier molecular flexibility index (Phi) is 5.07. The van der Waals surface area contributed by atoms with Gasteiger partial charge in [-0.3, -0.25) is 9.80 Å². The van der Waals surface area contributed by atoms with Gasteiger partial charge in [0.05, 0.1) is 6.54 Å². The van der Waals surface area contributed by atoms with E-state index in [9.17, 15) is 13.2 Å². The fraction of sp³-hybridized carbons (Fsp3) is 0.929. The van der Waals surface area contributed by atoms with Gasteiger partial charge in [-0.05, 0) is 19.9 Å². The minimum atomic E-state index is -4.08. The van der Waals surface area contributed by atoms with E-state index in [0.717, 1.165) is 12.8 Å². The lowest BCUT2D eigenvalue weighted by molar-refractivity contribution is -0.161. The molecule has 6 heteroatoms. The number of rotatable bonds is 4. The van der Waals surface area contributed by atoms with E-state index in [2.05, 4.69) is 16.9 Å². The molecular weight excluding hydrogens is 267 g/mol. The minimum Gasteiger partial charge on any atom is -0.301 e. The fourth-order valence-electron chi connectivity index (χ4n) is 3.46. The molecule has 2 fully saturated rings. The molecule has 2 aliphatic rings. The van der Waals surface area contributed by atoms with Crippen molar-refractivity contribution in [1.82, 2.24) is 9.80 Å². The maximum absolute atomic E-state index is 12.3. The molecule has 0 bridgehead atoms. The summed E-state index contributed by atoms with van der Waals surface area (Å²) in [6, 6.07) is 0.693. The van der Waals surface area contributed by atoms with Gasteiger partial charge in [0.25, 0.3) is 0 Å². The van der Waals surface area contributed by atoms with Crippen molar-refractivity contribution in [3.05, 3.63) is 0 Å². The first kappa shape index (κ1) is 15.8. The number of alkyl halides is 3. The van der Waals surface area contributed by atoms with E-state index in [1.165, 1.54) is 17.7 Å². The van der Waals surface area contributed by atoms with Gasteiger partial charge >= 0.3 is 6.18 Å². The zero-order valence-corrected chi connectivity index (χ0v) is 12.2. The molecule has 0 aromatic carbocycles. The van der Waals surface area contributed by atoms with Crippen LogP contribution in [0.2, 0.25) is 0 Å². The molecule has 3 nitrogen and oxygen atoms in total. The molecule has 1 heterocycles. The number of aliphatic imine (C=N–C) groups is 1. The van der Waals surface area contributed by atoms with Gasteiger partial charge in [-0.2, -0.15) is 13.2 Å². The molecule has 2 rings (SSSR count). The Balaban J connectivity index is 1.84. The number of likely N-dealkylation sites (tertiary alicyclic amines) is 1. The molecule has 1 saturated carbocycles. The van der Waals surface area contributed by atoms with Gasteiger partial charge in [0.2, 0.25) is 0 Å². The van der Waals surface area contributed by atoms with Crippen molar-refractivity contribution in [2.75, 3.05) is 33.7 Å². The van der Waals surface area contributed by atoms with E-state index in [1.54, 1.807) is 7.05 Å². The zero-order valence-electron chi connectivity index (χ0n) is 12.2. The normalized spacial score (nSPS) is 30.1. The standard InChI is InChI=1S/C14H24F3N3/c1-18-7-11-5-3-4-6-13(11)19(2)12-8-20(9-12)10-14(15,16)17/h7,11-13H,3-6,8-10H2,1-2H3/t11?,13-/m0/s1. The molecule has 1 saturated heterocycles. The number of hydrogen-bond donors (Lipinski definition) is 0. The molecule has 20 heavy (non-hydrogen) atoms. The first-order valence-corrected chi connectivity index (χ1v) is 7.34. The monoisotopic (exact) mass is 291 g/mol. The highest BCUT2D eigenvalue weighted by Gasteiger charge is 2.41. The summed E-state index contributed by atoms with van der Waals surface area (Å²) < 4.78 is 36.9. The van der Waals surface area contributed by atoms with Crippen LogP contribution in [0.25, 0.3) is 0 Å². The van der Waals surface area contributed by atoms with E-state index in [0.29, 0.717) is 25.0 Å². The average molecular weight is 291 g/mol. The van der Waals surface area contributed by atoms with Crippen LogP contribution >= 0.6 is 0 Å². The van der Waals surface area contributed by atoms with E-state index in [4.69, 9.17) is 0 Å². The number of likely N-dealkylation sites (N-methyl/N-ethyl adjacent to an activating group) is 1. The van der Waals surface area contributed by atoms with Crippen LogP contribution < -0.4 is 0 Å². The van der Waals surface area contributed by atoms with E-state index < -0.39 is 12.7 Å². The van der Waals surface area contributed by atoms with E-state index in [1.807, 2.05) is 6.21 Å². The van der Waals surface area contributed by atoms with Crippen LogP contribution in [-0.2, 0) is 0 Å². The third kappa shape index (κ3) is 3.95. The molecule has 0 amide bonds. The van der Waals surface area contributed by atoms with Crippen LogP contribution in [-0.4, -0.2) is 68.0 Å². The first-order valence-electron chi connectivity index (χ1n) is 7.34. The highest BCUT2D eigenvalue weighted by atomic mass is 19.4. The second kappa shape index (κ2) is 6.43. The first-order chi connectivity index (χ1) is 9.40. The molecule has 1 aliphatic carbocycles. The molecule has 0 radical (unpaired) electrons. The predicted octanol–water partition coefficient (Wildman–Crippen LogP) is 2.42. The Bertz CT molecular complexity index is 337. The van der Waals surface area contributed by atoms with Gasteiger partial charge in [0.15, 0.2) is 0 Å². The highest BCUT2D eigenvalue weighted by molar-refractivity contribution is 5.61. The van der Waals surface area contributed by atoms with Crippen LogP contribution in [0.4, 0.5) is 13.2 Å². The smallest absolute Gasteiger partial charge is 0.301 e. The topological polar surface area (TPSA) is 18.8 Å². The molecule has 0 N–H and O–H groups in total. The van der Waals surface area contributed by atoms with Crippen molar-refractivity contribution >= 4 is 6.21 Å². The van der Waals surface area contributed by atoms with Crippen molar-refractivity contribution in [2.24, 2.45) is 10.9 Å². The van der Waals surface area contributed by atoms with Gasteiger partial charge in [-0.25, -0.2) is 0 Å². The average Bonchev–Trinajstić information content (AvgIpc) is 2.32. The van der Waals surface area contributed by atoms with Crippen LogP contribution in [0, 0.1) is 5.92 Å². The van der Waals surface area contributed by atoms with Crippen LogP contribution in [0.15, 0.2) is 4.99 Å². The Morgan fingerprint density at radius 2 is 1.90 bits per heavy atom. The van der Waals surface area contributed by atoms with Crippen molar-refractivity contribution in [1.29, 1.82) is 0 Å². The Morgan fingerprint density at radius 3 is 2.50 bits per heavy atom. The summed E-state index contributed by atoms with van der Waals surface area (Å²) in [5, 5.41) is 0. The largest absolute Gasteiger partial charge is 0.401 e. The van der Waals surface area contributed by atoms with Crippen molar-refractivity contribution in [3.63, 3.8) is 0 Å². The van der Waals surface area contributed by atoms with Gasteiger partial charge in [0, 0.05) is 44.4 Å². The lowest BCUT2D eigenvalue weighted by Crippen LogP contribution is -2.63. The summed E-state index contributed by atoms with van der Waals surface area (Å²) in [4.78, 5) is 7.92. The van der Waals surface area contributed by atoms with Crippen molar-refractivity contribution in [2.45, 2.75) is 43.9 Å². The quantitative estimate of drug-likeness (QED) is 0.741. The van der Waals surface area contributed by atoms with Gasteiger partial charge in [-0.1, -0.05) is 12.8 Å². The summed E-state index contributed by atoms with van der Waals surface area (Å²) in [5.41, 5.74) is 0. The third-order valence-electron chi connectivity index (χ3n) is 4.56. The molecule has 0 spiro atoms. The van der Waals surface area contributed by atoms with Crippen molar-refractivity contribution in [3.8, 4) is 0 Å². The lowest BCUT2D eigenvalue weighted by atomic mass is 9.83. The predicted molar refractivity (Wildman–Crippen MR) is 74.2 cm³/mol. The Hall–Kier alpha value is -0.620. The zero-order chi connectivity index (χ0) is 14.8. The SMILES string of the molecule is CN=CC1CCCC[C@@H]1N(C)C1CN(CC(F)(F)F)C1. The fourth-order valence-corrected chi connectivity index (χ4v) is 3.46. The minimum absolute atomic E-state index is 0.258.